The number of rotatable bonds is 4. The van der Waals surface area contributed by atoms with E-state index in [4.69, 9.17) is 15.2 Å². The molecule has 1 aromatic rings. The number of nitrogen functional groups attached to an aromatic ring is 1. The Bertz CT molecular complexity index is 315. The number of aryl methyl sites for hydroxylation is 1. The molecule has 1 rings (SSSR count). The van der Waals surface area contributed by atoms with E-state index in [1.54, 1.807) is 17.9 Å². The highest BCUT2D eigenvalue weighted by molar-refractivity contribution is 5.45. The lowest BCUT2D eigenvalue weighted by Crippen LogP contribution is -2.22. The largest absolute Gasteiger partial charge is 0.473 e. The normalized spacial score (nSPS) is 11.7. The number of nitrogens with zero attached hydrogens (tertiary/aromatic N) is 2. The van der Waals surface area contributed by atoms with Crippen LogP contribution in [0.4, 0.5) is 5.69 Å². The molecule has 0 aliphatic carbocycles. The molecule has 1 heterocycles. The molecule has 0 amide bonds. The van der Waals surface area contributed by atoms with Crippen molar-refractivity contribution in [2.45, 2.75) is 26.4 Å². The summed E-state index contributed by atoms with van der Waals surface area (Å²) < 4.78 is 12.5. The second kappa shape index (κ2) is 4.53. The fourth-order valence-corrected chi connectivity index (χ4v) is 1.08. The number of hydrogen-bond donors (Lipinski definition) is 1. The number of hydrogen-bond acceptors (Lipinski definition) is 4. The molecule has 5 nitrogen and oxygen atoms in total. The molecule has 0 radical (unpaired) electrons. The summed E-state index contributed by atoms with van der Waals surface area (Å²) in [4.78, 5) is 0. The van der Waals surface area contributed by atoms with Gasteiger partial charge in [0.25, 0.3) is 5.88 Å². The van der Waals surface area contributed by atoms with Crippen LogP contribution in [0.1, 0.15) is 20.8 Å². The van der Waals surface area contributed by atoms with Crippen LogP contribution in [0.15, 0.2) is 6.20 Å². The average Bonchev–Trinajstić information content (AvgIpc) is 2.37. The fourth-order valence-electron chi connectivity index (χ4n) is 1.08. The summed E-state index contributed by atoms with van der Waals surface area (Å²) in [5, 5.41) is 4.06. The number of aromatic nitrogens is 2. The highest BCUT2D eigenvalue weighted by Gasteiger charge is 2.10. The van der Waals surface area contributed by atoms with Gasteiger partial charge in [-0.05, 0) is 20.8 Å². The predicted octanol–water partition coefficient (Wildman–Crippen LogP) is 1.20. The maximum Gasteiger partial charge on any atom is 0.256 e. The second-order valence-electron chi connectivity index (χ2n) is 4.37. The Morgan fingerprint density at radius 1 is 1.40 bits per heavy atom. The SMILES string of the molecule is Cn1cc(N)c(OCCOC(C)(C)C)n1. The highest BCUT2D eigenvalue weighted by atomic mass is 16.5. The van der Waals surface area contributed by atoms with Gasteiger partial charge in [-0.1, -0.05) is 0 Å². The van der Waals surface area contributed by atoms with Crippen LogP contribution < -0.4 is 10.5 Å². The number of ether oxygens (including phenoxy) is 2. The van der Waals surface area contributed by atoms with Gasteiger partial charge in [-0.15, -0.1) is 5.10 Å². The van der Waals surface area contributed by atoms with Crippen molar-refractivity contribution in [2.24, 2.45) is 7.05 Å². The molecule has 0 atom stereocenters. The van der Waals surface area contributed by atoms with Crippen molar-refractivity contribution in [1.82, 2.24) is 9.78 Å². The summed E-state index contributed by atoms with van der Waals surface area (Å²) in [6.07, 6.45) is 1.71. The Labute approximate surface area is 90.2 Å². The van der Waals surface area contributed by atoms with Gasteiger partial charge in [-0.3, -0.25) is 4.68 Å². The van der Waals surface area contributed by atoms with E-state index in [1.165, 1.54) is 0 Å². The molecule has 86 valence electrons. The molecule has 5 heteroatoms. The van der Waals surface area contributed by atoms with Crippen molar-refractivity contribution < 1.29 is 9.47 Å². The maximum atomic E-state index is 5.66. The summed E-state index contributed by atoms with van der Waals surface area (Å²) in [6.45, 7) is 6.99. The van der Waals surface area contributed by atoms with E-state index in [0.29, 0.717) is 24.8 Å². The van der Waals surface area contributed by atoms with Gasteiger partial charge in [0.2, 0.25) is 0 Å². The summed E-state index contributed by atoms with van der Waals surface area (Å²) in [5.41, 5.74) is 6.07. The van der Waals surface area contributed by atoms with Gasteiger partial charge in [-0.2, -0.15) is 0 Å². The van der Waals surface area contributed by atoms with Crippen molar-refractivity contribution in [3.05, 3.63) is 6.20 Å². The first kappa shape index (κ1) is 11.8. The third-order valence-electron chi connectivity index (χ3n) is 1.68. The molecule has 15 heavy (non-hydrogen) atoms. The number of nitrogens with two attached hydrogens (primary N) is 1. The van der Waals surface area contributed by atoms with Crippen LogP contribution in [-0.2, 0) is 11.8 Å². The highest BCUT2D eigenvalue weighted by Crippen LogP contribution is 2.17. The Kier molecular flexibility index (Phi) is 3.57. The average molecular weight is 213 g/mol. The lowest BCUT2D eigenvalue weighted by atomic mass is 10.2. The molecule has 0 unspecified atom stereocenters. The third kappa shape index (κ3) is 4.20. The lowest BCUT2D eigenvalue weighted by Gasteiger charge is -2.19. The lowest BCUT2D eigenvalue weighted by molar-refractivity contribution is -0.0167. The minimum Gasteiger partial charge on any atom is -0.473 e. The molecule has 0 aromatic carbocycles. The molecule has 0 spiro atoms. The Balaban J connectivity index is 2.29. The standard InChI is InChI=1S/C10H19N3O2/c1-10(2,3)15-6-5-14-9-8(11)7-13(4)12-9/h7H,5-6,11H2,1-4H3. The zero-order chi connectivity index (χ0) is 11.5. The van der Waals surface area contributed by atoms with E-state index in [-0.39, 0.29) is 5.60 Å². The van der Waals surface area contributed by atoms with Gasteiger partial charge >= 0.3 is 0 Å². The van der Waals surface area contributed by atoms with E-state index in [2.05, 4.69) is 5.10 Å². The van der Waals surface area contributed by atoms with Gasteiger partial charge < -0.3 is 15.2 Å². The van der Waals surface area contributed by atoms with Crippen molar-refractivity contribution in [3.63, 3.8) is 0 Å². The Morgan fingerprint density at radius 2 is 2.07 bits per heavy atom. The summed E-state index contributed by atoms with van der Waals surface area (Å²) in [6, 6.07) is 0. The monoisotopic (exact) mass is 213 g/mol. The van der Waals surface area contributed by atoms with Crippen LogP contribution in [0.25, 0.3) is 0 Å². The molecular weight excluding hydrogens is 194 g/mol. The van der Waals surface area contributed by atoms with Crippen LogP contribution in [-0.4, -0.2) is 28.6 Å². The van der Waals surface area contributed by atoms with E-state index < -0.39 is 0 Å². The molecule has 0 saturated heterocycles. The van der Waals surface area contributed by atoms with Crippen molar-refractivity contribution >= 4 is 5.69 Å². The topological polar surface area (TPSA) is 62.3 Å². The minimum absolute atomic E-state index is 0.140. The second-order valence-corrected chi connectivity index (χ2v) is 4.37. The smallest absolute Gasteiger partial charge is 0.256 e. The van der Waals surface area contributed by atoms with E-state index in [0.717, 1.165) is 0 Å². The Hall–Kier alpha value is -1.23. The van der Waals surface area contributed by atoms with Crippen molar-refractivity contribution in [1.29, 1.82) is 0 Å². The first-order valence-corrected chi connectivity index (χ1v) is 4.94. The first-order chi connectivity index (χ1) is 6.88. The minimum atomic E-state index is -0.140. The molecule has 1 aromatic heterocycles. The van der Waals surface area contributed by atoms with Gasteiger partial charge in [0, 0.05) is 7.05 Å². The molecular formula is C10H19N3O2. The summed E-state index contributed by atoms with van der Waals surface area (Å²) in [7, 11) is 1.80. The summed E-state index contributed by atoms with van der Waals surface area (Å²) in [5.74, 6) is 0.468. The van der Waals surface area contributed by atoms with Gasteiger partial charge in [0.05, 0.1) is 18.4 Å². The van der Waals surface area contributed by atoms with E-state index in [9.17, 15) is 0 Å². The molecule has 0 bridgehead atoms. The van der Waals surface area contributed by atoms with Crippen molar-refractivity contribution in [2.75, 3.05) is 18.9 Å². The quantitative estimate of drug-likeness (QED) is 0.763. The van der Waals surface area contributed by atoms with Crippen LogP contribution in [0, 0.1) is 0 Å². The van der Waals surface area contributed by atoms with Crippen LogP contribution in [0.5, 0.6) is 5.88 Å². The predicted molar refractivity (Wildman–Crippen MR) is 58.8 cm³/mol. The maximum absolute atomic E-state index is 5.66. The molecule has 0 saturated carbocycles. The van der Waals surface area contributed by atoms with E-state index in [1.807, 2.05) is 20.8 Å². The van der Waals surface area contributed by atoms with Crippen LogP contribution in [0.2, 0.25) is 0 Å². The van der Waals surface area contributed by atoms with Gasteiger partial charge in [-0.25, -0.2) is 0 Å². The van der Waals surface area contributed by atoms with Crippen LogP contribution >= 0.6 is 0 Å². The molecule has 0 aliphatic heterocycles. The van der Waals surface area contributed by atoms with E-state index >= 15 is 0 Å². The van der Waals surface area contributed by atoms with Gasteiger partial charge in [0.15, 0.2) is 0 Å². The van der Waals surface area contributed by atoms with Crippen LogP contribution in [0.3, 0.4) is 0 Å². The fraction of sp³-hybridized carbons (Fsp3) is 0.700. The molecule has 0 aliphatic rings. The Morgan fingerprint density at radius 3 is 2.53 bits per heavy atom. The van der Waals surface area contributed by atoms with Crippen molar-refractivity contribution in [3.8, 4) is 5.88 Å². The molecule has 2 N–H and O–H groups in total. The number of anilines is 1. The first-order valence-electron chi connectivity index (χ1n) is 4.94. The van der Waals surface area contributed by atoms with Gasteiger partial charge in [0.1, 0.15) is 12.3 Å². The summed E-state index contributed by atoms with van der Waals surface area (Å²) >= 11 is 0. The zero-order valence-corrected chi connectivity index (χ0v) is 9.78. The third-order valence-corrected chi connectivity index (χ3v) is 1.68. The molecule has 0 fully saturated rings. The zero-order valence-electron chi connectivity index (χ0n) is 9.78.